The maximum Gasteiger partial charge on any atom is 0.318 e. The molecule has 1 unspecified atom stereocenters. The molecule has 6 nitrogen and oxygen atoms in total. The van der Waals surface area contributed by atoms with E-state index in [1.54, 1.807) is 19.1 Å². The topological polar surface area (TPSA) is 93.4 Å². The van der Waals surface area contributed by atoms with Gasteiger partial charge in [0.2, 0.25) is 5.91 Å². The SMILES string of the molecule is CCOc1cccc(NC(C)C(=O)NC(N)=O)c1. The summed E-state index contributed by atoms with van der Waals surface area (Å²) in [4.78, 5) is 22.0. The van der Waals surface area contributed by atoms with Crippen LogP contribution in [0.3, 0.4) is 0 Å². The van der Waals surface area contributed by atoms with Crippen molar-refractivity contribution in [2.45, 2.75) is 19.9 Å². The van der Waals surface area contributed by atoms with Crippen LogP contribution in [0.4, 0.5) is 10.5 Å². The van der Waals surface area contributed by atoms with Crippen molar-refractivity contribution < 1.29 is 14.3 Å². The van der Waals surface area contributed by atoms with Crippen molar-refractivity contribution >= 4 is 17.6 Å². The molecule has 4 N–H and O–H groups in total. The second kappa shape index (κ2) is 6.48. The molecule has 0 aliphatic carbocycles. The lowest BCUT2D eigenvalue weighted by molar-refractivity contribution is -0.120. The molecular formula is C12H17N3O3. The number of hydrogen-bond acceptors (Lipinski definition) is 4. The Bertz CT molecular complexity index is 434. The minimum absolute atomic E-state index is 0.482. The van der Waals surface area contributed by atoms with Crippen molar-refractivity contribution in [1.82, 2.24) is 5.32 Å². The largest absolute Gasteiger partial charge is 0.494 e. The summed E-state index contributed by atoms with van der Waals surface area (Å²) in [5.74, 6) is 0.231. The van der Waals surface area contributed by atoms with E-state index >= 15 is 0 Å². The average molecular weight is 251 g/mol. The zero-order chi connectivity index (χ0) is 13.5. The highest BCUT2D eigenvalue weighted by Crippen LogP contribution is 2.17. The van der Waals surface area contributed by atoms with Gasteiger partial charge in [-0.1, -0.05) is 6.07 Å². The zero-order valence-electron chi connectivity index (χ0n) is 10.4. The lowest BCUT2D eigenvalue weighted by atomic mass is 10.2. The van der Waals surface area contributed by atoms with Gasteiger partial charge in [-0.05, 0) is 26.0 Å². The Kier molecular flexibility index (Phi) is 4.98. The van der Waals surface area contributed by atoms with Crippen LogP contribution in [-0.2, 0) is 4.79 Å². The van der Waals surface area contributed by atoms with Crippen LogP contribution in [-0.4, -0.2) is 24.6 Å². The number of urea groups is 1. The number of carbonyl (C=O) groups is 2. The first-order chi connectivity index (χ1) is 8.52. The summed E-state index contributed by atoms with van der Waals surface area (Å²) in [7, 11) is 0. The fourth-order valence-corrected chi connectivity index (χ4v) is 1.39. The zero-order valence-corrected chi connectivity index (χ0v) is 10.4. The van der Waals surface area contributed by atoms with E-state index in [1.165, 1.54) is 0 Å². The van der Waals surface area contributed by atoms with Crippen LogP contribution in [0.1, 0.15) is 13.8 Å². The van der Waals surface area contributed by atoms with Gasteiger partial charge in [0.1, 0.15) is 11.8 Å². The van der Waals surface area contributed by atoms with E-state index in [2.05, 4.69) is 5.32 Å². The Morgan fingerprint density at radius 2 is 2.17 bits per heavy atom. The predicted molar refractivity (Wildman–Crippen MR) is 68.4 cm³/mol. The molecule has 0 aliphatic heterocycles. The Hall–Kier alpha value is -2.24. The van der Waals surface area contributed by atoms with Crippen molar-refractivity contribution in [2.75, 3.05) is 11.9 Å². The third-order valence-corrected chi connectivity index (χ3v) is 2.17. The second-order valence-electron chi connectivity index (χ2n) is 3.68. The Labute approximate surface area is 105 Å². The van der Waals surface area contributed by atoms with Gasteiger partial charge in [-0.2, -0.15) is 0 Å². The van der Waals surface area contributed by atoms with E-state index in [0.29, 0.717) is 12.4 Å². The molecule has 0 aliphatic rings. The molecule has 0 saturated heterocycles. The number of imide groups is 1. The van der Waals surface area contributed by atoms with Crippen LogP contribution in [0.5, 0.6) is 5.75 Å². The highest BCUT2D eigenvalue weighted by atomic mass is 16.5. The van der Waals surface area contributed by atoms with Gasteiger partial charge in [0, 0.05) is 11.8 Å². The number of nitrogens with one attached hydrogen (secondary N) is 2. The van der Waals surface area contributed by atoms with Crippen molar-refractivity contribution in [3.63, 3.8) is 0 Å². The number of benzene rings is 1. The normalized spacial score (nSPS) is 11.4. The number of rotatable bonds is 5. The number of primary amides is 1. The fraction of sp³-hybridized carbons (Fsp3) is 0.333. The minimum atomic E-state index is -0.864. The van der Waals surface area contributed by atoms with Gasteiger partial charge in [0.05, 0.1) is 6.61 Å². The summed E-state index contributed by atoms with van der Waals surface area (Å²) in [6.07, 6.45) is 0. The minimum Gasteiger partial charge on any atom is -0.494 e. The number of ether oxygens (including phenoxy) is 1. The number of hydrogen-bond donors (Lipinski definition) is 3. The van der Waals surface area contributed by atoms with E-state index < -0.39 is 18.0 Å². The summed E-state index contributed by atoms with van der Waals surface area (Å²) in [5.41, 5.74) is 5.60. The first kappa shape index (κ1) is 13.8. The summed E-state index contributed by atoms with van der Waals surface area (Å²) in [6.45, 7) is 4.09. The molecule has 0 bridgehead atoms. The molecule has 0 radical (unpaired) electrons. The maximum atomic E-state index is 11.5. The van der Waals surface area contributed by atoms with Crippen molar-refractivity contribution in [3.8, 4) is 5.75 Å². The average Bonchev–Trinajstić information content (AvgIpc) is 2.29. The van der Waals surface area contributed by atoms with Crippen LogP contribution >= 0.6 is 0 Å². The van der Waals surface area contributed by atoms with Crippen molar-refractivity contribution in [2.24, 2.45) is 5.73 Å². The third kappa shape index (κ3) is 4.32. The van der Waals surface area contributed by atoms with Gasteiger partial charge in [-0.25, -0.2) is 4.79 Å². The van der Waals surface area contributed by atoms with Crippen molar-refractivity contribution in [1.29, 1.82) is 0 Å². The summed E-state index contributed by atoms with van der Waals surface area (Å²) < 4.78 is 5.34. The van der Waals surface area contributed by atoms with E-state index in [1.807, 2.05) is 24.4 Å². The highest BCUT2D eigenvalue weighted by Gasteiger charge is 2.14. The van der Waals surface area contributed by atoms with Crippen LogP contribution in [0.15, 0.2) is 24.3 Å². The molecular weight excluding hydrogens is 234 g/mol. The number of amides is 3. The molecule has 6 heteroatoms. The van der Waals surface area contributed by atoms with Gasteiger partial charge >= 0.3 is 6.03 Å². The molecule has 0 fully saturated rings. The molecule has 98 valence electrons. The van der Waals surface area contributed by atoms with Gasteiger partial charge in [0.15, 0.2) is 0 Å². The van der Waals surface area contributed by atoms with E-state index in [0.717, 1.165) is 5.69 Å². The first-order valence-electron chi connectivity index (χ1n) is 5.62. The Morgan fingerprint density at radius 3 is 2.78 bits per heavy atom. The third-order valence-electron chi connectivity index (χ3n) is 2.17. The summed E-state index contributed by atoms with van der Waals surface area (Å²) >= 11 is 0. The molecule has 3 amide bonds. The van der Waals surface area contributed by atoms with Crippen LogP contribution < -0.4 is 21.1 Å². The first-order valence-corrected chi connectivity index (χ1v) is 5.62. The van der Waals surface area contributed by atoms with Gasteiger partial charge < -0.3 is 15.8 Å². The standard InChI is InChI=1S/C12H17N3O3/c1-3-18-10-6-4-5-9(7-10)14-8(2)11(16)15-12(13)17/h4-8,14H,3H2,1-2H3,(H3,13,15,16,17). The fourth-order valence-electron chi connectivity index (χ4n) is 1.39. The molecule has 0 spiro atoms. The number of anilines is 1. The second-order valence-corrected chi connectivity index (χ2v) is 3.68. The van der Waals surface area contributed by atoms with Crippen LogP contribution in [0, 0.1) is 0 Å². The van der Waals surface area contributed by atoms with Crippen LogP contribution in [0.25, 0.3) is 0 Å². The molecule has 1 rings (SSSR count). The van der Waals surface area contributed by atoms with Gasteiger partial charge in [0.25, 0.3) is 0 Å². The van der Waals surface area contributed by atoms with E-state index in [-0.39, 0.29) is 0 Å². The molecule has 0 aromatic heterocycles. The quantitative estimate of drug-likeness (QED) is 0.730. The monoisotopic (exact) mass is 251 g/mol. The van der Waals surface area contributed by atoms with E-state index in [4.69, 9.17) is 10.5 Å². The number of carbonyl (C=O) groups excluding carboxylic acids is 2. The Balaban J connectivity index is 2.63. The molecule has 1 atom stereocenters. The number of nitrogens with two attached hydrogens (primary N) is 1. The van der Waals surface area contributed by atoms with Crippen LogP contribution in [0.2, 0.25) is 0 Å². The van der Waals surface area contributed by atoms with E-state index in [9.17, 15) is 9.59 Å². The predicted octanol–water partition coefficient (Wildman–Crippen LogP) is 1.08. The van der Waals surface area contributed by atoms with Gasteiger partial charge in [-0.15, -0.1) is 0 Å². The summed E-state index contributed by atoms with van der Waals surface area (Å²) in [5, 5.41) is 4.95. The van der Waals surface area contributed by atoms with Crippen molar-refractivity contribution in [3.05, 3.63) is 24.3 Å². The maximum absolute atomic E-state index is 11.5. The van der Waals surface area contributed by atoms with Gasteiger partial charge in [-0.3, -0.25) is 10.1 Å². The summed E-state index contributed by atoms with van der Waals surface area (Å²) in [6, 6.07) is 5.77. The molecule has 18 heavy (non-hydrogen) atoms. The smallest absolute Gasteiger partial charge is 0.318 e. The molecule has 0 saturated carbocycles. The molecule has 1 aromatic carbocycles. The molecule has 0 heterocycles. The Morgan fingerprint density at radius 1 is 1.44 bits per heavy atom. The molecule has 1 aromatic rings. The highest BCUT2D eigenvalue weighted by molar-refractivity contribution is 5.97. The lowest BCUT2D eigenvalue weighted by Gasteiger charge is -2.14. The lowest BCUT2D eigenvalue weighted by Crippen LogP contribution is -2.43.